The molecule has 5 nitrogen and oxygen atoms in total. The molecule has 8 aromatic rings. The molecule has 300 valence electrons. The van der Waals surface area contributed by atoms with Gasteiger partial charge in [0.2, 0.25) is 0 Å². The Hall–Kier alpha value is -5.64. The van der Waals surface area contributed by atoms with Crippen molar-refractivity contribution in [3.05, 3.63) is 175 Å². The molecule has 0 saturated carbocycles. The van der Waals surface area contributed by atoms with Crippen LogP contribution < -0.4 is 14.5 Å². The largest absolute Gasteiger partial charge is 0.509 e. The van der Waals surface area contributed by atoms with Crippen molar-refractivity contribution < 1.29 is 35.4 Å². The first-order valence-electron chi connectivity index (χ1n) is 23.0. The van der Waals surface area contributed by atoms with Gasteiger partial charge in [0.15, 0.2) is 0 Å². The molecule has 59 heavy (non-hydrogen) atoms. The third-order valence-corrected chi connectivity index (χ3v) is 10.9. The summed E-state index contributed by atoms with van der Waals surface area (Å²) in [7, 11) is 0. The van der Waals surface area contributed by atoms with Crippen molar-refractivity contribution in [1.82, 2.24) is 9.55 Å². The minimum absolute atomic E-state index is 0. The average molecular weight is 960 g/mol. The van der Waals surface area contributed by atoms with Gasteiger partial charge in [0.1, 0.15) is 5.82 Å². The predicted molar refractivity (Wildman–Crippen MR) is 241 cm³/mol. The van der Waals surface area contributed by atoms with E-state index in [1.807, 2.05) is 77.3 Å². The number of ether oxygens (including phenoxy) is 1. The van der Waals surface area contributed by atoms with Gasteiger partial charge in [-0.1, -0.05) is 127 Å². The van der Waals surface area contributed by atoms with E-state index in [4.69, 9.17) is 19.3 Å². The zero-order valence-corrected chi connectivity index (χ0v) is 36.1. The van der Waals surface area contributed by atoms with Gasteiger partial charge in [-0.3, -0.25) is 0 Å². The number of pyridine rings is 1. The van der Waals surface area contributed by atoms with Gasteiger partial charge in [-0.15, -0.1) is 53.6 Å². The Morgan fingerprint density at radius 1 is 0.661 bits per heavy atom. The van der Waals surface area contributed by atoms with Crippen LogP contribution in [0.2, 0.25) is 0 Å². The Morgan fingerprint density at radius 2 is 1.36 bits per heavy atom. The van der Waals surface area contributed by atoms with Crippen molar-refractivity contribution in [3.63, 3.8) is 0 Å². The maximum Gasteiger partial charge on any atom is 0.136 e. The van der Waals surface area contributed by atoms with Crippen LogP contribution in [0.3, 0.4) is 0 Å². The van der Waals surface area contributed by atoms with Gasteiger partial charge < -0.3 is 19.1 Å². The van der Waals surface area contributed by atoms with Crippen LogP contribution >= 0.6 is 0 Å². The minimum atomic E-state index is -3.08. The molecule has 3 heterocycles. The molecule has 6 aromatic carbocycles. The summed E-state index contributed by atoms with van der Waals surface area (Å²) in [5, 5.41) is 2.09. The van der Waals surface area contributed by atoms with Crippen LogP contribution in [0.25, 0.3) is 38.8 Å². The molecule has 0 N–H and O–H groups in total. The third-order valence-electron chi connectivity index (χ3n) is 10.9. The smallest absolute Gasteiger partial charge is 0.136 e. The maximum absolute atomic E-state index is 8.67. The molecule has 0 unspecified atom stereocenters. The van der Waals surface area contributed by atoms with E-state index in [1.165, 1.54) is 17.7 Å². The monoisotopic (exact) mass is 959 g/mol. The first-order chi connectivity index (χ1) is 30.6. The van der Waals surface area contributed by atoms with E-state index in [1.54, 1.807) is 12.1 Å². The second kappa shape index (κ2) is 15.5. The fourth-order valence-electron chi connectivity index (χ4n) is 7.62. The fourth-order valence-corrected chi connectivity index (χ4v) is 7.62. The number of hydrogen-bond acceptors (Lipinski definition) is 4. The molecule has 6 heteroatoms. The summed E-state index contributed by atoms with van der Waals surface area (Å²) in [6.45, 7) is 8.84. The van der Waals surface area contributed by atoms with Crippen molar-refractivity contribution in [2.75, 3.05) is 9.80 Å². The van der Waals surface area contributed by atoms with Gasteiger partial charge in [0.25, 0.3) is 0 Å². The maximum atomic E-state index is 8.67. The normalized spacial score (nSPS) is 15.3. The molecular formula is C53H49N4OPt-3. The molecule has 0 bridgehead atoms. The minimum Gasteiger partial charge on any atom is -0.509 e. The fraction of sp³-hybridized carbons (Fsp3) is 0.208. The number of rotatable bonds is 7. The topological polar surface area (TPSA) is 33.5 Å². The summed E-state index contributed by atoms with van der Waals surface area (Å²) < 4.78 is 65.3. The van der Waals surface area contributed by atoms with Gasteiger partial charge in [-0.25, -0.2) is 4.98 Å². The molecule has 1 aliphatic heterocycles. The number of nitrogens with zero attached hydrogens (tertiary/aromatic N) is 4. The van der Waals surface area contributed by atoms with E-state index < -0.39 is 19.6 Å². The number of aromatic nitrogens is 2. The molecule has 2 aromatic heterocycles. The summed E-state index contributed by atoms with van der Waals surface area (Å²) in [6, 6.07) is 50.4. The second-order valence-electron chi connectivity index (χ2n) is 16.9. The molecular weight excluding hydrogens is 904 g/mol. The number of fused-ring (bicyclic) bond motifs is 4. The van der Waals surface area contributed by atoms with Crippen LogP contribution in [0.15, 0.2) is 140 Å². The zero-order valence-electron chi connectivity index (χ0n) is 40.9. The van der Waals surface area contributed by atoms with Gasteiger partial charge in [0, 0.05) is 70.9 Å². The standard InChI is InChI=1S/C53H49N4O.Pt/c1-35(2)36-19-23-41(24-20-36)55-34-56(49-16-12-11-15-48(49)55)42-30-40(53(6,7)8)31-44(32-42)58-43-25-26-46-45-13-9-10-14-47(45)57(50(46)33-43)51-29-38(27-28-54-51)37-17-21-39(22-18-37)52(3,4)5;/h9-31,34-35H,1-8H3;/q-3;/i1D3,2D3,35D;. The van der Waals surface area contributed by atoms with Crippen molar-refractivity contribution in [1.29, 1.82) is 0 Å². The molecule has 1 aliphatic rings. The van der Waals surface area contributed by atoms with Gasteiger partial charge in [0.05, 0.1) is 0 Å². The van der Waals surface area contributed by atoms with E-state index in [0.717, 1.165) is 61.4 Å². The van der Waals surface area contributed by atoms with Crippen LogP contribution in [0.5, 0.6) is 11.5 Å². The van der Waals surface area contributed by atoms with Crippen molar-refractivity contribution in [3.8, 4) is 28.4 Å². The quantitative estimate of drug-likeness (QED) is 0.149. The van der Waals surface area contributed by atoms with Crippen LogP contribution in [-0.4, -0.2) is 9.55 Å². The van der Waals surface area contributed by atoms with Crippen molar-refractivity contribution >= 4 is 44.6 Å². The zero-order chi connectivity index (χ0) is 46.3. The molecule has 9 rings (SSSR count). The van der Waals surface area contributed by atoms with Crippen molar-refractivity contribution in [2.45, 2.75) is 72.0 Å². The van der Waals surface area contributed by atoms with E-state index in [-0.39, 0.29) is 37.5 Å². The second-order valence-corrected chi connectivity index (χ2v) is 16.9. The number of benzene rings is 6. The van der Waals surface area contributed by atoms with E-state index in [2.05, 4.69) is 113 Å². The summed E-state index contributed by atoms with van der Waals surface area (Å²) in [5.41, 5.74) is 9.04. The number of para-hydroxylation sites is 3. The third kappa shape index (κ3) is 7.70. The Kier molecular flexibility index (Phi) is 8.48. The first-order valence-corrected chi connectivity index (χ1v) is 19.5. The molecule has 0 spiro atoms. The van der Waals surface area contributed by atoms with Crippen molar-refractivity contribution in [2.24, 2.45) is 0 Å². The Morgan fingerprint density at radius 3 is 2.07 bits per heavy atom. The number of anilines is 4. The first kappa shape index (κ1) is 32.2. The summed E-state index contributed by atoms with van der Waals surface area (Å²) in [4.78, 5) is 8.84. The van der Waals surface area contributed by atoms with Gasteiger partial charge >= 0.3 is 0 Å². The molecule has 0 amide bonds. The van der Waals surface area contributed by atoms with E-state index in [0.29, 0.717) is 17.2 Å². The van der Waals surface area contributed by atoms with Crippen LogP contribution in [0.4, 0.5) is 22.7 Å². The Balaban J connectivity index is 0.00000592. The SMILES string of the molecule is [2H]C([2H])([2H])C([2H])(c1ccc(N2[CH-]N(c3[c-]c(Oc4[c-]c5c(cc4)c4ccccc4n5-c4cc(-c5ccc(C(C)(C)C)cc5)ccn4)cc(C(C)(C)C)c3)c3ccccc32)cc1)C([2H])([2H])[2H].[Pt]. The van der Waals surface area contributed by atoms with Crippen LogP contribution in [0.1, 0.15) is 87.4 Å². The van der Waals surface area contributed by atoms with E-state index in [9.17, 15) is 0 Å². The Bertz CT molecular complexity index is 3060. The van der Waals surface area contributed by atoms with Gasteiger partial charge in [-0.2, -0.15) is 6.07 Å². The molecule has 0 saturated heterocycles. The molecule has 0 atom stereocenters. The molecule has 0 fully saturated rings. The number of hydrogen-bond donors (Lipinski definition) is 0. The molecule has 0 radical (unpaired) electrons. The van der Waals surface area contributed by atoms with Crippen LogP contribution in [-0.2, 0) is 31.9 Å². The summed E-state index contributed by atoms with van der Waals surface area (Å²) in [6.07, 6.45) is 1.85. The summed E-state index contributed by atoms with van der Waals surface area (Å²) >= 11 is 0. The summed E-state index contributed by atoms with van der Waals surface area (Å²) in [5.74, 6) is -1.02. The van der Waals surface area contributed by atoms with Gasteiger partial charge in [-0.05, 0) is 86.8 Å². The average Bonchev–Trinajstić information content (AvgIpc) is 3.81. The molecule has 0 aliphatic carbocycles. The predicted octanol–water partition coefficient (Wildman–Crippen LogP) is 14.4. The van der Waals surface area contributed by atoms with E-state index >= 15 is 0 Å². The Labute approximate surface area is 373 Å². The van der Waals surface area contributed by atoms with Crippen LogP contribution in [0, 0.1) is 18.8 Å².